The molecule has 3 rings (SSSR count). The van der Waals surface area contributed by atoms with Gasteiger partial charge in [-0.3, -0.25) is 4.31 Å². The first-order valence-electron chi connectivity index (χ1n) is 11.7. The molecule has 1 aliphatic carbocycles. The van der Waals surface area contributed by atoms with Crippen LogP contribution < -0.4 is 4.31 Å². The van der Waals surface area contributed by atoms with Gasteiger partial charge in [-0.15, -0.1) is 0 Å². The number of esters is 2. The second-order valence-corrected chi connectivity index (χ2v) is 11.8. The number of benzene rings is 2. The number of ether oxygens (including phenoxy) is 2. The lowest BCUT2D eigenvalue weighted by Crippen LogP contribution is -2.36. The number of nitrogens with zero attached hydrogens (tertiary/aromatic N) is 1. The third-order valence-corrected chi connectivity index (χ3v) is 8.61. The van der Waals surface area contributed by atoms with Crippen molar-refractivity contribution in [2.45, 2.75) is 51.0 Å². The van der Waals surface area contributed by atoms with Crippen molar-refractivity contribution in [3.8, 4) is 0 Å². The number of anilines is 1. The largest absolute Gasteiger partial charge is 0.460 e. The summed E-state index contributed by atoms with van der Waals surface area (Å²) in [6, 6.07) is 12.3. The van der Waals surface area contributed by atoms with E-state index in [9.17, 15) is 18.0 Å². The SMILES string of the molecule is CC(C)[C@@H]1CC[C@H](C)C[C@H]1OC(=O)COC(=O)c1cc(S(=O)(=O)N(C)c2ccccc2)ccc1Cl. The number of carbonyl (C=O) groups is 2. The van der Waals surface area contributed by atoms with E-state index in [0.717, 1.165) is 29.6 Å². The molecule has 0 radical (unpaired) electrons. The normalized spacial score (nSPS) is 20.3. The molecular formula is C26H32ClNO6S. The molecule has 0 N–H and O–H groups in total. The smallest absolute Gasteiger partial charge is 0.344 e. The second-order valence-electron chi connectivity index (χ2n) is 9.38. The Morgan fingerprint density at radius 3 is 2.46 bits per heavy atom. The van der Waals surface area contributed by atoms with Crippen molar-refractivity contribution in [1.82, 2.24) is 0 Å². The molecule has 2 aromatic carbocycles. The molecule has 0 bridgehead atoms. The van der Waals surface area contributed by atoms with Crippen LogP contribution in [0, 0.1) is 17.8 Å². The average Bonchev–Trinajstić information content (AvgIpc) is 2.82. The van der Waals surface area contributed by atoms with E-state index in [-0.39, 0.29) is 27.5 Å². The van der Waals surface area contributed by atoms with Gasteiger partial charge < -0.3 is 9.47 Å². The first kappa shape index (κ1) is 27.0. The molecule has 0 heterocycles. The van der Waals surface area contributed by atoms with Crippen molar-refractivity contribution in [3.63, 3.8) is 0 Å². The van der Waals surface area contributed by atoms with Crippen LogP contribution in [-0.2, 0) is 24.3 Å². The zero-order valence-corrected chi connectivity index (χ0v) is 22.0. The van der Waals surface area contributed by atoms with Crippen LogP contribution in [0.25, 0.3) is 0 Å². The number of para-hydroxylation sites is 1. The fraction of sp³-hybridized carbons (Fsp3) is 0.462. The Kier molecular flexibility index (Phi) is 8.83. The van der Waals surface area contributed by atoms with Crippen molar-refractivity contribution < 1.29 is 27.5 Å². The first-order valence-corrected chi connectivity index (χ1v) is 13.5. The molecule has 190 valence electrons. The number of sulfonamides is 1. The molecule has 0 aromatic heterocycles. The highest BCUT2D eigenvalue weighted by atomic mass is 35.5. The van der Waals surface area contributed by atoms with Gasteiger partial charge in [0.1, 0.15) is 6.10 Å². The predicted octanol–water partition coefficient (Wildman–Crippen LogP) is 5.33. The summed E-state index contributed by atoms with van der Waals surface area (Å²) in [5, 5.41) is 0.0191. The Morgan fingerprint density at radius 1 is 1.11 bits per heavy atom. The van der Waals surface area contributed by atoms with Crippen LogP contribution in [0.1, 0.15) is 50.4 Å². The summed E-state index contributed by atoms with van der Waals surface area (Å²) in [4.78, 5) is 25.0. The minimum Gasteiger partial charge on any atom is -0.460 e. The van der Waals surface area contributed by atoms with E-state index in [1.165, 1.54) is 19.2 Å². The molecule has 7 nitrogen and oxygen atoms in total. The molecule has 9 heteroatoms. The van der Waals surface area contributed by atoms with Gasteiger partial charge in [-0.05, 0) is 60.9 Å². The lowest BCUT2D eigenvalue weighted by molar-refractivity contribution is -0.159. The van der Waals surface area contributed by atoms with Gasteiger partial charge in [0.2, 0.25) is 0 Å². The standard InChI is InChI=1S/C26H32ClNO6S/c1-17(2)21-12-10-18(3)14-24(21)34-25(29)16-33-26(30)22-15-20(11-13-23(22)27)35(31,32)28(4)19-8-6-5-7-9-19/h5-9,11,13,15,17-18,21,24H,10,12,14,16H2,1-4H3/t18-,21-,24+/m0/s1. The molecule has 3 atom stereocenters. The first-order chi connectivity index (χ1) is 16.5. The van der Waals surface area contributed by atoms with Gasteiger partial charge in [0.25, 0.3) is 10.0 Å². The van der Waals surface area contributed by atoms with Crippen molar-refractivity contribution in [3.05, 3.63) is 59.1 Å². The molecule has 1 aliphatic rings. The number of hydrogen-bond acceptors (Lipinski definition) is 6. The van der Waals surface area contributed by atoms with Crippen LogP contribution in [0.5, 0.6) is 0 Å². The summed E-state index contributed by atoms with van der Waals surface area (Å²) in [6.45, 7) is 5.78. The minimum absolute atomic E-state index is 0.0191. The number of halogens is 1. The summed E-state index contributed by atoms with van der Waals surface area (Å²) in [6.07, 6.45) is 2.66. The Balaban J connectivity index is 1.68. The third kappa shape index (κ3) is 6.55. The lowest BCUT2D eigenvalue weighted by atomic mass is 9.75. The van der Waals surface area contributed by atoms with E-state index in [1.54, 1.807) is 30.3 Å². The van der Waals surface area contributed by atoms with Crippen molar-refractivity contribution in [2.24, 2.45) is 17.8 Å². The topological polar surface area (TPSA) is 90.0 Å². The van der Waals surface area contributed by atoms with Crippen LogP contribution >= 0.6 is 11.6 Å². The summed E-state index contributed by atoms with van der Waals surface area (Å²) < 4.78 is 38.1. The molecule has 1 fully saturated rings. The zero-order valence-electron chi connectivity index (χ0n) is 20.4. The van der Waals surface area contributed by atoms with Gasteiger partial charge in [0.05, 0.1) is 21.2 Å². The van der Waals surface area contributed by atoms with E-state index >= 15 is 0 Å². The van der Waals surface area contributed by atoms with Gasteiger partial charge in [-0.25, -0.2) is 18.0 Å². The van der Waals surface area contributed by atoms with Crippen molar-refractivity contribution in [2.75, 3.05) is 18.0 Å². The molecule has 0 unspecified atom stereocenters. The molecule has 1 saturated carbocycles. The fourth-order valence-electron chi connectivity index (χ4n) is 4.41. The maximum atomic E-state index is 13.1. The van der Waals surface area contributed by atoms with E-state index in [0.29, 0.717) is 17.5 Å². The Morgan fingerprint density at radius 2 is 1.80 bits per heavy atom. The van der Waals surface area contributed by atoms with Crippen LogP contribution in [0.15, 0.2) is 53.4 Å². The quantitative estimate of drug-likeness (QED) is 0.436. The zero-order chi connectivity index (χ0) is 25.8. The van der Waals surface area contributed by atoms with Crippen LogP contribution in [0.3, 0.4) is 0 Å². The highest BCUT2D eigenvalue weighted by Crippen LogP contribution is 2.35. The number of rotatable bonds is 8. The Bertz CT molecular complexity index is 1150. The average molecular weight is 522 g/mol. The monoisotopic (exact) mass is 521 g/mol. The highest BCUT2D eigenvalue weighted by Gasteiger charge is 2.33. The van der Waals surface area contributed by atoms with Gasteiger partial charge in [-0.1, -0.05) is 57.0 Å². The van der Waals surface area contributed by atoms with E-state index in [4.69, 9.17) is 21.1 Å². The molecule has 0 amide bonds. The minimum atomic E-state index is -3.96. The van der Waals surface area contributed by atoms with E-state index in [2.05, 4.69) is 20.8 Å². The molecule has 0 aliphatic heterocycles. The Hall–Kier alpha value is -2.58. The summed E-state index contributed by atoms with van der Waals surface area (Å²) >= 11 is 6.15. The summed E-state index contributed by atoms with van der Waals surface area (Å²) in [5.41, 5.74) is 0.319. The highest BCUT2D eigenvalue weighted by molar-refractivity contribution is 7.92. The second kappa shape index (κ2) is 11.4. The molecular weight excluding hydrogens is 490 g/mol. The van der Waals surface area contributed by atoms with Gasteiger partial charge in [-0.2, -0.15) is 0 Å². The summed E-state index contributed by atoms with van der Waals surface area (Å²) in [7, 11) is -2.54. The third-order valence-electron chi connectivity index (χ3n) is 6.50. The molecule has 0 spiro atoms. The van der Waals surface area contributed by atoms with Gasteiger partial charge in [0, 0.05) is 7.05 Å². The molecule has 0 saturated heterocycles. The van der Waals surface area contributed by atoms with E-state index < -0.39 is 28.6 Å². The Labute approximate surface area is 212 Å². The van der Waals surface area contributed by atoms with Crippen LogP contribution in [0.2, 0.25) is 5.02 Å². The van der Waals surface area contributed by atoms with Crippen molar-refractivity contribution >= 4 is 39.3 Å². The van der Waals surface area contributed by atoms with Gasteiger partial charge in [0.15, 0.2) is 6.61 Å². The fourth-order valence-corrected chi connectivity index (χ4v) is 5.83. The molecule has 2 aromatic rings. The maximum absolute atomic E-state index is 13.1. The maximum Gasteiger partial charge on any atom is 0.344 e. The number of carbonyl (C=O) groups excluding carboxylic acids is 2. The van der Waals surface area contributed by atoms with Gasteiger partial charge >= 0.3 is 11.9 Å². The number of hydrogen-bond donors (Lipinski definition) is 0. The van der Waals surface area contributed by atoms with Crippen LogP contribution in [-0.4, -0.2) is 40.1 Å². The van der Waals surface area contributed by atoms with Crippen molar-refractivity contribution in [1.29, 1.82) is 0 Å². The van der Waals surface area contributed by atoms with E-state index in [1.807, 2.05) is 0 Å². The molecule has 35 heavy (non-hydrogen) atoms. The lowest BCUT2D eigenvalue weighted by Gasteiger charge is -2.36. The predicted molar refractivity (Wildman–Crippen MR) is 135 cm³/mol. The van der Waals surface area contributed by atoms with Crippen LogP contribution in [0.4, 0.5) is 5.69 Å². The summed E-state index contributed by atoms with van der Waals surface area (Å²) in [5.74, 6) is -0.428.